The van der Waals surface area contributed by atoms with E-state index in [1.54, 1.807) is 43.0 Å². The third-order valence-electron chi connectivity index (χ3n) is 3.36. The number of thioether (sulfide) groups is 1. The maximum atomic E-state index is 12.4. The van der Waals surface area contributed by atoms with Gasteiger partial charge < -0.3 is 5.32 Å². The van der Waals surface area contributed by atoms with Gasteiger partial charge in [-0.05, 0) is 19.1 Å². The van der Waals surface area contributed by atoms with E-state index in [0.29, 0.717) is 26.4 Å². The molecule has 1 atom stereocenters. The Bertz CT molecular complexity index is 894. The fourth-order valence-electron chi connectivity index (χ4n) is 2.10. The van der Waals surface area contributed by atoms with Crippen molar-refractivity contribution in [2.24, 2.45) is 7.05 Å². The van der Waals surface area contributed by atoms with E-state index in [2.05, 4.69) is 20.4 Å². The summed E-state index contributed by atoms with van der Waals surface area (Å²) in [6.45, 7) is 1.79. The Kier molecular flexibility index (Phi) is 4.93. The number of halogens is 2. The summed E-state index contributed by atoms with van der Waals surface area (Å²) in [5.41, 5.74) is 1.13. The van der Waals surface area contributed by atoms with Gasteiger partial charge in [0.15, 0.2) is 5.65 Å². The average molecular weight is 382 g/mol. The summed E-state index contributed by atoms with van der Waals surface area (Å²) in [6.07, 6.45) is 3.15. The van der Waals surface area contributed by atoms with Crippen molar-refractivity contribution in [3.8, 4) is 0 Å². The molecule has 9 heteroatoms. The molecule has 0 radical (unpaired) electrons. The standard InChI is InChI=1S/C15H13Cl2N5OS/c1-8(14(23)21-12-10(16)4-3-5-11(12)17)24-15-9-6-20-22(2)13(9)18-7-19-15/h3-8H,1-2H3,(H,21,23). The summed E-state index contributed by atoms with van der Waals surface area (Å²) in [5.74, 6) is -0.217. The zero-order valence-corrected chi connectivity index (χ0v) is 15.2. The van der Waals surface area contributed by atoms with Gasteiger partial charge in [-0.3, -0.25) is 9.48 Å². The third-order valence-corrected chi connectivity index (χ3v) is 5.11. The quantitative estimate of drug-likeness (QED) is 0.549. The zero-order chi connectivity index (χ0) is 17.3. The minimum absolute atomic E-state index is 0.217. The average Bonchev–Trinajstić information content (AvgIpc) is 2.93. The molecule has 0 bridgehead atoms. The third kappa shape index (κ3) is 3.33. The Morgan fingerprint density at radius 3 is 2.71 bits per heavy atom. The number of hydrogen-bond acceptors (Lipinski definition) is 5. The topological polar surface area (TPSA) is 72.7 Å². The number of hydrogen-bond donors (Lipinski definition) is 1. The highest BCUT2D eigenvalue weighted by Crippen LogP contribution is 2.32. The highest BCUT2D eigenvalue weighted by molar-refractivity contribution is 8.00. The molecule has 6 nitrogen and oxygen atoms in total. The maximum absolute atomic E-state index is 12.4. The van der Waals surface area contributed by atoms with E-state index in [-0.39, 0.29) is 5.91 Å². The molecule has 2 heterocycles. The number of nitrogens with zero attached hydrogens (tertiary/aromatic N) is 4. The molecule has 1 aromatic carbocycles. The van der Waals surface area contributed by atoms with Crippen LogP contribution in [0.2, 0.25) is 10.0 Å². The lowest BCUT2D eigenvalue weighted by Crippen LogP contribution is -2.23. The maximum Gasteiger partial charge on any atom is 0.237 e. The molecular weight excluding hydrogens is 369 g/mol. The lowest BCUT2D eigenvalue weighted by Gasteiger charge is -2.13. The van der Waals surface area contributed by atoms with E-state index in [0.717, 1.165) is 5.39 Å². The fourth-order valence-corrected chi connectivity index (χ4v) is 3.47. The molecule has 0 saturated carbocycles. The number of carbonyl (C=O) groups is 1. The van der Waals surface area contributed by atoms with Crippen molar-refractivity contribution in [1.29, 1.82) is 0 Å². The van der Waals surface area contributed by atoms with Gasteiger partial charge in [-0.2, -0.15) is 5.10 Å². The lowest BCUT2D eigenvalue weighted by atomic mass is 10.3. The minimum atomic E-state index is -0.407. The van der Waals surface area contributed by atoms with Crippen LogP contribution in [0.15, 0.2) is 35.7 Å². The summed E-state index contributed by atoms with van der Waals surface area (Å²) >= 11 is 13.5. The first-order valence-corrected chi connectivity index (χ1v) is 8.65. The van der Waals surface area contributed by atoms with Crippen LogP contribution in [0.25, 0.3) is 11.0 Å². The normalized spacial score (nSPS) is 12.3. The highest BCUT2D eigenvalue weighted by Gasteiger charge is 2.19. The van der Waals surface area contributed by atoms with Crippen LogP contribution >= 0.6 is 35.0 Å². The number of amides is 1. The number of benzene rings is 1. The Labute approximate surface area is 152 Å². The largest absolute Gasteiger partial charge is 0.323 e. The summed E-state index contributed by atoms with van der Waals surface area (Å²) in [5, 5.41) is 8.81. The van der Waals surface area contributed by atoms with E-state index in [1.165, 1.54) is 18.1 Å². The first-order chi connectivity index (χ1) is 11.5. The smallest absolute Gasteiger partial charge is 0.237 e. The van der Waals surface area contributed by atoms with Gasteiger partial charge in [-0.15, -0.1) is 0 Å². The van der Waals surface area contributed by atoms with Gasteiger partial charge >= 0.3 is 0 Å². The predicted molar refractivity (Wildman–Crippen MR) is 96.7 cm³/mol. The number of anilines is 1. The molecule has 1 unspecified atom stereocenters. The SMILES string of the molecule is CC(Sc1ncnc2c1cnn2C)C(=O)Nc1c(Cl)cccc1Cl. The van der Waals surface area contributed by atoms with Gasteiger partial charge in [0.05, 0.1) is 32.6 Å². The van der Waals surface area contributed by atoms with E-state index >= 15 is 0 Å². The Hall–Kier alpha value is -1.83. The van der Waals surface area contributed by atoms with E-state index in [9.17, 15) is 4.79 Å². The van der Waals surface area contributed by atoms with Crippen molar-refractivity contribution in [3.05, 3.63) is 40.8 Å². The van der Waals surface area contributed by atoms with Gasteiger partial charge in [0.2, 0.25) is 5.91 Å². The summed E-state index contributed by atoms with van der Waals surface area (Å²) in [6, 6.07) is 5.06. The van der Waals surface area contributed by atoms with Crippen LogP contribution in [0.4, 0.5) is 5.69 Å². The molecule has 0 spiro atoms. The Morgan fingerprint density at radius 2 is 2.00 bits per heavy atom. The first kappa shape index (κ1) is 17.0. The van der Waals surface area contributed by atoms with Gasteiger partial charge in [-0.25, -0.2) is 9.97 Å². The molecule has 0 aliphatic rings. The van der Waals surface area contributed by atoms with Crippen molar-refractivity contribution in [1.82, 2.24) is 19.7 Å². The number of nitrogens with one attached hydrogen (secondary N) is 1. The number of rotatable bonds is 4. The number of fused-ring (bicyclic) bond motifs is 1. The predicted octanol–water partition coefficient (Wildman–Crippen LogP) is 3.79. The van der Waals surface area contributed by atoms with Crippen LogP contribution in [-0.4, -0.2) is 30.9 Å². The van der Waals surface area contributed by atoms with Crippen LogP contribution in [0.3, 0.4) is 0 Å². The molecule has 0 fully saturated rings. The highest BCUT2D eigenvalue weighted by atomic mass is 35.5. The molecule has 124 valence electrons. The molecule has 1 N–H and O–H groups in total. The molecule has 24 heavy (non-hydrogen) atoms. The van der Waals surface area contributed by atoms with Crippen LogP contribution < -0.4 is 5.32 Å². The second-order valence-corrected chi connectivity index (χ2v) is 7.17. The Balaban J connectivity index is 1.79. The summed E-state index contributed by atoms with van der Waals surface area (Å²) in [7, 11) is 1.80. The second-order valence-electron chi connectivity index (χ2n) is 5.03. The van der Waals surface area contributed by atoms with Gasteiger partial charge in [0.25, 0.3) is 0 Å². The van der Waals surface area contributed by atoms with Crippen LogP contribution in [-0.2, 0) is 11.8 Å². The van der Waals surface area contributed by atoms with E-state index in [1.807, 2.05) is 0 Å². The van der Waals surface area contributed by atoms with Crippen molar-refractivity contribution in [2.45, 2.75) is 17.2 Å². The molecule has 2 aromatic heterocycles. The second kappa shape index (κ2) is 6.96. The lowest BCUT2D eigenvalue weighted by molar-refractivity contribution is -0.115. The van der Waals surface area contributed by atoms with Crippen LogP contribution in [0.5, 0.6) is 0 Å². The van der Waals surface area contributed by atoms with E-state index < -0.39 is 5.25 Å². The number of aryl methyl sites for hydroxylation is 1. The summed E-state index contributed by atoms with van der Waals surface area (Å²) < 4.78 is 1.66. The monoisotopic (exact) mass is 381 g/mol. The van der Waals surface area contributed by atoms with E-state index in [4.69, 9.17) is 23.2 Å². The fraction of sp³-hybridized carbons (Fsp3) is 0.200. The summed E-state index contributed by atoms with van der Waals surface area (Å²) in [4.78, 5) is 20.9. The van der Waals surface area contributed by atoms with Gasteiger partial charge in [0, 0.05) is 7.05 Å². The van der Waals surface area contributed by atoms with Crippen LogP contribution in [0.1, 0.15) is 6.92 Å². The molecule has 0 saturated heterocycles. The van der Waals surface area contributed by atoms with Gasteiger partial charge in [0.1, 0.15) is 11.4 Å². The van der Waals surface area contributed by atoms with Crippen molar-refractivity contribution >= 4 is 57.6 Å². The van der Waals surface area contributed by atoms with Crippen molar-refractivity contribution in [3.63, 3.8) is 0 Å². The molecule has 0 aliphatic heterocycles. The molecule has 3 rings (SSSR count). The Morgan fingerprint density at radius 1 is 1.29 bits per heavy atom. The molecule has 0 aliphatic carbocycles. The van der Waals surface area contributed by atoms with Crippen molar-refractivity contribution < 1.29 is 4.79 Å². The number of para-hydroxylation sites is 1. The molecular formula is C15H13Cl2N5OS. The zero-order valence-electron chi connectivity index (χ0n) is 12.8. The molecule has 1 amide bonds. The minimum Gasteiger partial charge on any atom is -0.323 e. The van der Waals surface area contributed by atoms with Crippen LogP contribution in [0, 0.1) is 0 Å². The number of carbonyl (C=O) groups excluding carboxylic acids is 1. The molecule has 3 aromatic rings. The number of aromatic nitrogens is 4. The first-order valence-electron chi connectivity index (χ1n) is 7.01. The van der Waals surface area contributed by atoms with Crippen molar-refractivity contribution in [2.75, 3.05) is 5.32 Å². The van der Waals surface area contributed by atoms with Gasteiger partial charge in [-0.1, -0.05) is 41.0 Å².